The smallest absolute Gasteiger partial charge is 0.195 e. The van der Waals surface area contributed by atoms with Crippen LogP contribution in [-0.4, -0.2) is 0 Å². The number of halogens is 5. The zero-order valence-corrected chi connectivity index (χ0v) is 18.1. The fourth-order valence-corrected chi connectivity index (χ4v) is 3.46. The van der Waals surface area contributed by atoms with Crippen molar-refractivity contribution in [3.05, 3.63) is 118 Å². The maximum atomic E-state index is 14.5. The summed E-state index contributed by atoms with van der Waals surface area (Å²) >= 11 is 0. The Kier molecular flexibility index (Phi) is 6.66. The van der Waals surface area contributed by atoms with E-state index in [-0.39, 0.29) is 21.9 Å². The number of benzene rings is 4. The van der Waals surface area contributed by atoms with Crippen molar-refractivity contribution in [3.8, 4) is 23.7 Å². The summed E-state index contributed by atoms with van der Waals surface area (Å²) < 4.78 is 69.4. The summed E-state index contributed by atoms with van der Waals surface area (Å²) in [5.74, 6) is 5.74. The van der Waals surface area contributed by atoms with Gasteiger partial charge in [0.05, 0.1) is 11.1 Å². The van der Waals surface area contributed by atoms with Gasteiger partial charge in [-0.25, -0.2) is 22.0 Å². The summed E-state index contributed by atoms with van der Waals surface area (Å²) in [6.45, 7) is 2.01. The summed E-state index contributed by atoms with van der Waals surface area (Å²) in [6.07, 6.45) is 1.70. The van der Waals surface area contributed by atoms with Gasteiger partial charge in [0, 0.05) is 16.5 Å². The van der Waals surface area contributed by atoms with Crippen LogP contribution >= 0.6 is 0 Å². The van der Waals surface area contributed by atoms with E-state index >= 15 is 0 Å². The van der Waals surface area contributed by atoms with Crippen molar-refractivity contribution >= 4 is 10.8 Å². The second kappa shape index (κ2) is 9.81. The van der Waals surface area contributed by atoms with Gasteiger partial charge >= 0.3 is 0 Å². The fraction of sp³-hybridized carbons (Fsp3) is 0.103. The van der Waals surface area contributed by atoms with Gasteiger partial charge < -0.3 is 0 Å². The van der Waals surface area contributed by atoms with E-state index in [1.807, 2.05) is 13.0 Å². The molecule has 168 valence electrons. The largest absolute Gasteiger partial charge is 0.206 e. The lowest BCUT2D eigenvalue weighted by Gasteiger charge is -2.02. The maximum absolute atomic E-state index is 14.5. The molecule has 34 heavy (non-hydrogen) atoms. The fourth-order valence-electron chi connectivity index (χ4n) is 3.46. The van der Waals surface area contributed by atoms with E-state index < -0.39 is 29.1 Å². The van der Waals surface area contributed by atoms with Crippen LogP contribution in [0.25, 0.3) is 10.8 Å². The topological polar surface area (TPSA) is 0 Å². The Balaban J connectivity index is 1.57. The third-order valence-corrected chi connectivity index (χ3v) is 5.20. The lowest BCUT2D eigenvalue weighted by atomic mass is 10.1. The van der Waals surface area contributed by atoms with Gasteiger partial charge in [0.2, 0.25) is 0 Å². The number of fused-ring (bicyclic) bond motifs is 1. The Morgan fingerprint density at radius 1 is 0.588 bits per heavy atom. The first kappa shape index (κ1) is 23.1. The molecule has 0 fully saturated rings. The Labute approximate surface area is 194 Å². The molecule has 4 aromatic carbocycles. The molecule has 0 bridgehead atoms. The molecule has 0 aromatic heterocycles. The van der Waals surface area contributed by atoms with Crippen LogP contribution in [0.2, 0.25) is 0 Å². The molecule has 5 heteroatoms. The highest BCUT2D eigenvalue weighted by atomic mass is 19.2. The number of hydrogen-bond donors (Lipinski definition) is 0. The summed E-state index contributed by atoms with van der Waals surface area (Å²) in [5, 5.41) is 0.0688. The first-order valence-electron chi connectivity index (χ1n) is 10.5. The van der Waals surface area contributed by atoms with Crippen molar-refractivity contribution in [2.24, 2.45) is 0 Å². The predicted molar refractivity (Wildman–Crippen MR) is 123 cm³/mol. The molecule has 0 spiro atoms. The molecule has 0 amide bonds. The Bertz CT molecular complexity index is 1530. The summed E-state index contributed by atoms with van der Waals surface area (Å²) in [5.41, 5.74) is 1.96. The molecular formula is C29H17F5. The van der Waals surface area contributed by atoms with E-state index in [1.165, 1.54) is 36.4 Å². The molecule has 0 nitrogen and oxygen atoms in total. The zero-order chi connectivity index (χ0) is 24.2. The quantitative estimate of drug-likeness (QED) is 0.167. The standard InChI is InChI=1S/C29H17F5/c1-2-3-18-4-9-21(25(30)15-18)11-6-20-7-12-22(26(31)16-20)10-5-19-8-13-24-23(14-19)17-27(32)29(34)28(24)33/h4,7-9,12-17H,2-3H2,1H3. The lowest BCUT2D eigenvalue weighted by molar-refractivity contribution is 0.453. The Morgan fingerprint density at radius 2 is 1.21 bits per heavy atom. The highest BCUT2D eigenvalue weighted by Gasteiger charge is 2.13. The van der Waals surface area contributed by atoms with Crippen LogP contribution in [-0.2, 0) is 6.42 Å². The van der Waals surface area contributed by atoms with Crippen LogP contribution in [0.4, 0.5) is 22.0 Å². The highest BCUT2D eigenvalue weighted by molar-refractivity contribution is 5.84. The molecule has 0 heterocycles. The minimum Gasteiger partial charge on any atom is -0.206 e. The molecule has 4 aromatic rings. The van der Waals surface area contributed by atoms with Crippen molar-refractivity contribution in [3.63, 3.8) is 0 Å². The monoisotopic (exact) mass is 460 g/mol. The van der Waals surface area contributed by atoms with Crippen molar-refractivity contribution in [2.45, 2.75) is 19.8 Å². The summed E-state index contributed by atoms with van der Waals surface area (Å²) in [4.78, 5) is 0. The number of rotatable bonds is 2. The zero-order valence-electron chi connectivity index (χ0n) is 18.1. The normalized spacial score (nSPS) is 10.4. The van der Waals surface area contributed by atoms with Gasteiger partial charge in [-0.3, -0.25) is 0 Å². The molecule has 0 unspecified atom stereocenters. The van der Waals surface area contributed by atoms with Crippen molar-refractivity contribution in [1.29, 1.82) is 0 Å². The minimum atomic E-state index is -1.53. The first-order chi connectivity index (χ1) is 16.4. The van der Waals surface area contributed by atoms with E-state index in [0.29, 0.717) is 11.1 Å². The molecule has 0 aliphatic carbocycles. The molecular weight excluding hydrogens is 443 g/mol. The highest BCUT2D eigenvalue weighted by Crippen LogP contribution is 2.24. The van der Waals surface area contributed by atoms with E-state index in [0.717, 1.165) is 24.5 Å². The van der Waals surface area contributed by atoms with Crippen LogP contribution in [0, 0.1) is 52.8 Å². The molecule has 0 aliphatic heterocycles. The minimum absolute atomic E-state index is 0.0741. The van der Waals surface area contributed by atoms with Crippen LogP contribution in [0.15, 0.2) is 60.7 Å². The van der Waals surface area contributed by atoms with Crippen LogP contribution in [0.3, 0.4) is 0 Å². The predicted octanol–water partition coefficient (Wildman–Crippen LogP) is 7.29. The number of aryl methyl sites for hydroxylation is 1. The van der Waals surface area contributed by atoms with Gasteiger partial charge in [0.25, 0.3) is 0 Å². The molecule has 0 saturated heterocycles. The van der Waals surface area contributed by atoms with Gasteiger partial charge in [-0.1, -0.05) is 49.2 Å². The molecule has 0 saturated carbocycles. The number of hydrogen-bond acceptors (Lipinski definition) is 0. The van der Waals surface area contributed by atoms with Crippen molar-refractivity contribution in [2.75, 3.05) is 0 Å². The van der Waals surface area contributed by atoms with Crippen LogP contribution in [0.1, 0.15) is 41.2 Å². The molecule has 0 N–H and O–H groups in total. The van der Waals surface area contributed by atoms with Gasteiger partial charge in [-0.05, 0) is 65.9 Å². The summed E-state index contributed by atoms with van der Waals surface area (Å²) in [7, 11) is 0. The van der Waals surface area contributed by atoms with E-state index in [2.05, 4.69) is 23.7 Å². The Hall–Kier alpha value is -4.09. The van der Waals surface area contributed by atoms with E-state index in [9.17, 15) is 22.0 Å². The van der Waals surface area contributed by atoms with Crippen molar-refractivity contribution < 1.29 is 22.0 Å². The third-order valence-electron chi connectivity index (χ3n) is 5.20. The molecule has 0 atom stereocenters. The second-order valence-corrected chi connectivity index (χ2v) is 7.68. The Morgan fingerprint density at radius 3 is 1.85 bits per heavy atom. The second-order valence-electron chi connectivity index (χ2n) is 7.68. The SMILES string of the molecule is CCCc1ccc(C#Cc2ccc(C#Cc3ccc4c(F)c(F)c(F)cc4c3)c(F)c2)c(F)c1. The van der Waals surface area contributed by atoms with Gasteiger partial charge in [-0.2, -0.15) is 0 Å². The maximum Gasteiger partial charge on any atom is 0.195 e. The molecule has 4 rings (SSSR count). The van der Waals surface area contributed by atoms with Gasteiger partial charge in [0.1, 0.15) is 11.6 Å². The van der Waals surface area contributed by atoms with Gasteiger partial charge in [0.15, 0.2) is 17.5 Å². The summed E-state index contributed by atoms with van der Waals surface area (Å²) in [6, 6.07) is 14.1. The van der Waals surface area contributed by atoms with E-state index in [4.69, 9.17) is 0 Å². The first-order valence-corrected chi connectivity index (χ1v) is 10.5. The lowest BCUT2D eigenvalue weighted by Crippen LogP contribution is -1.92. The average molecular weight is 460 g/mol. The average Bonchev–Trinajstić information content (AvgIpc) is 2.81. The van der Waals surface area contributed by atoms with E-state index in [1.54, 1.807) is 12.1 Å². The molecule has 0 aliphatic rings. The third kappa shape index (κ3) is 4.95. The van der Waals surface area contributed by atoms with Gasteiger partial charge in [-0.15, -0.1) is 0 Å². The van der Waals surface area contributed by atoms with Crippen molar-refractivity contribution in [1.82, 2.24) is 0 Å². The molecule has 0 radical (unpaired) electrons. The van der Waals surface area contributed by atoms with Crippen LogP contribution in [0.5, 0.6) is 0 Å². The van der Waals surface area contributed by atoms with Crippen LogP contribution < -0.4 is 0 Å².